The highest BCUT2D eigenvalue weighted by atomic mass is 16.6. The zero-order chi connectivity index (χ0) is 22.0. The predicted octanol–water partition coefficient (Wildman–Crippen LogP) is 3.04. The highest BCUT2D eigenvalue weighted by Crippen LogP contribution is 2.24. The van der Waals surface area contributed by atoms with Crippen LogP contribution in [0.25, 0.3) is 5.82 Å². The van der Waals surface area contributed by atoms with Crippen LogP contribution in [0, 0.1) is 29.9 Å². The van der Waals surface area contributed by atoms with Crippen LogP contribution in [0.5, 0.6) is 0 Å². The molecule has 1 atom stereocenters. The van der Waals surface area contributed by atoms with Crippen molar-refractivity contribution in [2.24, 2.45) is 5.92 Å². The van der Waals surface area contributed by atoms with Gasteiger partial charge < -0.3 is 10.2 Å². The number of nitro benzene ring substituents is 1. The summed E-state index contributed by atoms with van der Waals surface area (Å²) in [5.74, 6) is 0.951. The van der Waals surface area contributed by atoms with Crippen molar-refractivity contribution in [3.8, 4) is 5.82 Å². The molecule has 1 aliphatic rings. The first-order valence-corrected chi connectivity index (χ1v) is 10.1. The quantitative estimate of drug-likeness (QED) is 0.497. The molecule has 2 aromatic heterocycles. The fourth-order valence-electron chi connectivity index (χ4n) is 3.80. The number of non-ortho nitro benzene ring substituents is 1. The molecule has 4 rings (SSSR count). The molecule has 10 heteroatoms. The summed E-state index contributed by atoms with van der Waals surface area (Å²) in [7, 11) is 0. The Balaban J connectivity index is 1.43. The smallest absolute Gasteiger partial charge is 0.271 e. The van der Waals surface area contributed by atoms with Crippen molar-refractivity contribution in [2.45, 2.75) is 26.7 Å². The van der Waals surface area contributed by atoms with E-state index in [1.807, 2.05) is 36.9 Å². The van der Waals surface area contributed by atoms with E-state index >= 15 is 0 Å². The number of nitro groups is 1. The molecule has 1 N–H and O–H groups in total. The Labute approximate surface area is 179 Å². The van der Waals surface area contributed by atoms with Crippen LogP contribution in [-0.4, -0.2) is 43.9 Å². The van der Waals surface area contributed by atoms with Gasteiger partial charge in [-0.25, -0.2) is 4.68 Å². The lowest BCUT2D eigenvalue weighted by Gasteiger charge is -2.32. The molecule has 1 aliphatic heterocycles. The molecule has 10 nitrogen and oxygen atoms in total. The lowest BCUT2D eigenvalue weighted by atomic mass is 9.97. The Morgan fingerprint density at radius 2 is 1.94 bits per heavy atom. The molecule has 1 aromatic carbocycles. The largest absolute Gasteiger partial charge is 0.354 e. The molecule has 0 aliphatic carbocycles. The third kappa shape index (κ3) is 4.52. The molecule has 3 aromatic rings. The van der Waals surface area contributed by atoms with Gasteiger partial charge in [-0.1, -0.05) is 6.07 Å². The Morgan fingerprint density at radius 1 is 1.16 bits per heavy atom. The van der Waals surface area contributed by atoms with Crippen molar-refractivity contribution in [3.05, 3.63) is 64.0 Å². The summed E-state index contributed by atoms with van der Waals surface area (Å²) in [5.41, 5.74) is 2.26. The molecule has 0 radical (unpaired) electrons. The predicted molar refractivity (Wildman–Crippen MR) is 115 cm³/mol. The minimum atomic E-state index is -0.480. The van der Waals surface area contributed by atoms with Crippen LogP contribution in [-0.2, 0) is 4.79 Å². The van der Waals surface area contributed by atoms with Gasteiger partial charge in [0.05, 0.1) is 16.5 Å². The molecule has 0 spiro atoms. The molecule has 0 saturated carbocycles. The summed E-state index contributed by atoms with van der Waals surface area (Å²) in [5, 5.41) is 26.8. The van der Waals surface area contributed by atoms with Crippen molar-refractivity contribution < 1.29 is 9.72 Å². The van der Waals surface area contributed by atoms with Gasteiger partial charge in [0.15, 0.2) is 11.6 Å². The number of rotatable bonds is 5. The van der Waals surface area contributed by atoms with E-state index in [1.54, 1.807) is 16.8 Å². The van der Waals surface area contributed by atoms with Crippen molar-refractivity contribution in [1.82, 2.24) is 20.0 Å². The van der Waals surface area contributed by atoms with E-state index in [-0.39, 0.29) is 17.5 Å². The van der Waals surface area contributed by atoms with E-state index in [0.717, 1.165) is 30.8 Å². The van der Waals surface area contributed by atoms with Gasteiger partial charge in [-0.2, -0.15) is 5.10 Å². The Hall–Kier alpha value is -3.82. The second kappa shape index (κ2) is 8.50. The number of hydrogen-bond acceptors (Lipinski definition) is 7. The summed E-state index contributed by atoms with van der Waals surface area (Å²) in [6.45, 7) is 5.19. The first-order valence-electron chi connectivity index (χ1n) is 10.1. The normalized spacial score (nSPS) is 16.2. The minimum Gasteiger partial charge on any atom is -0.354 e. The zero-order valence-electron chi connectivity index (χ0n) is 17.4. The molecule has 1 saturated heterocycles. The van der Waals surface area contributed by atoms with Gasteiger partial charge in [-0.15, -0.1) is 10.2 Å². The molecule has 31 heavy (non-hydrogen) atoms. The van der Waals surface area contributed by atoms with Crippen LogP contribution in [0.4, 0.5) is 17.2 Å². The first-order chi connectivity index (χ1) is 14.9. The highest BCUT2D eigenvalue weighted by Gasteiger charge is 2.27. The number of benzene rings is 1. The summed E-state index contributed by atoms with van der Waals surface area (Å²) in [4.78, 5) is 25.3. The van der Waals surface area contributed by atoms with E-state index < -0.39 is 4.92 Å². The van der Waals surface area contributed by atoms with Crippen LogP contribution >= 0.6 is 0 Å². The summed E-state index contributed by atoms with van der Waals surface area (Å²) in [6.07, 6.45) is 1.59. The molecule has 3 heterocycles. The van der Waals surface area contributed by atoms with Gasteiger partial charge in [-0.05, 0) is 51.0 Å². The van der Waals surface area contributed by atoms with E-state index in [4.69, 9.17) is 0 Å². The van der Waals surface area contributed by atoms with Crippen LogP contribution in [0.15, 0.2) is 42.5 Å². The van der Waals surface area contributed by atoms with E-state index in [9.17, 15) is 14.9 Å². The number of amides is 1. The molecule has 0 bridgehead atoms. The lowest BCUT2D eigenvalue weighted by Crippen LogP contribution is -2.41. The third-order valence-electron chi connectivity index (χ3n) is 5.30. The number of carbonyl (C=O) groups excluding carboxylic acids is 1. The van der Waals surface area contributed by atoms with E-state index in [2.05, 4.69) is 20.6 Å². The number of hydrogen-bond donors (Lipinski definition) is 1. The molecule has 1 amide bonds. The van der Waals surface area contributed by atoms with Gasteiger partial charge in [0.1, 0.15) is 0 Å². The monoisotopic (exact) mass is 421 g/mol. The second-order valence-corrected chi connectivity index (χ2v) is 7.67. The van der Waals surface area contributed by atoms with Gasteiger partial charge in [0, 0.05) is 36.6 Å². The average molecular weight is 421 g/mol. The lowest BCUT2D eigenvalue weighted by molar-refractivity contribution is -0.384. The minimum absolute atomic E-state index is 0.0546. The van der Waals surface area contributed by atoms with Crippen LogP contribution in [0.3, 0.4) is 0 Å². The third-order valence-corrected chi connectivity index (χ3v) is 5.30. The van der Waals surface area contributed by atoms with Gasteiger partial charge in [0.2, 0.25) is 5.91 Å². The fraction of sp³-hybridized carbons (Fsp3) is 0.333. The number of anilines is 2. The Bertz CT molecular complexity index is 1110. The number of nitrogens with zero attached hydrogens (tertiary/aromatic N) is 6. The SMILES string of the molecule is Cc1cc(C)n(-c2ccc(N3CCCC(C(=O)Nc4cccc([N+](=O)[O-])c4)C3)nn2)n1. The molecular formula is C21H23N7O3. The van der Waals surface area contributed by atoms with Crippen molar-refractivity contribution >= 4 is 23.1 Å². The van der Waals surface area contributed by atoms with Crippen LogP contribution in [0.1, 0.15) is 24.2 Å². The maximum Gasteiger partial charge on any atom is 0.271 e. The average Bonchev–Trinajstić information content (AvgIpc) is 3.12. The summed E-state index contributed by atoms with van der Waals surface area (Å²) < 4.78 is 1.75. The summed E-state index contributed by atoms with van der Waals surface area (Å²) in [6, 6.07) is 11.7. The fourth-order valence-corrected chi connectivity index (χ4v) is 3.80. The summed E-state index contributed by atoms with van der Waals surface area (Å²) >= 11 is 0. The van der Waals surface area contributed by atoms with Gasteiger partial charge in [0.25, 0.3) is 5.69 Å². The zero-order valence-corrected chi connectivity index (χ0v) is 17.4. The Morgan fingerprint density at radius 3 is 2.61 bits per heavy atom. The van der Waals surface area contributed by atoms with Crippen molar-refractivity contribution in [3.63, 3.8) is 0 Å². The number of piperidine rings is 1. The van der Waals surface area contributed by atoms with Crippen molar-refractivity contribution in [2.75, 3.05) is 23.3 Å². The molecular weight excluding hydrogens is 398 g/mol. The molecule has 1 fully saturated rings. The number of aryl methyl sites for hydroxylation is 2. The molecule has 1 unspecified atom stereocenters. The number of carbonyl (C=O) groups is 1. The van der Waals surface area contributed by atoms with Gasteiger partial charge in [-0.3, -0.25) is 14.9 Å². The first kappa shape index (κ1) is 20.5. The van der Waals surface area contributed by atoms with Crippen LogP contribution < -0.4 is 10.2 Å². The second-order valence-electron chi connectivity index (χ2n) is 7.67. The Kier molecular flexibility index (Phi) is 5.61. The number of aromatic nitrogens is 4. The van der Waals surface area contributed by atoms with Crippen LogP contribution in [0.2, 0.25) is 0 Å². The maximum atomic E-state index is 12.7. The van der Waals surface area contributed by atoms with Gasteiger partial charge >= 0.3 is 0 Å². The standard InChI is InChI=1S/C21H23N7O3/c1-14-11-15(2)27(25-14)20-9-8-19(23-24-20)26-10-4-5-16(13-26)21(29)22-17-6-3-7-18(12-17)28(30)31/h3,6-9,11-12,16H,4-5,10,13H2,1-2H3,(H,22,29). The highest BCUT2D eigenvalue weighted by molar-refractivity contribution is 5.93. The van der Waals surface area contributed by atoms with E-state index in [0.29, 0.717) is 23.9 Å². The number of nitrogens with one attached hydrogen (secondary N) is 1. The maximum absolute atomic E-state index is 12.7. The topological polar surface area (TPSA) is 119 Å². The molecule has 160 valence electrons. The van der Waals surface area contributed by atoms with E-state index in [1.165, 1.54) is 12.1 Å². The van der Waals surface area contributed by atoms with Crippen molar-refractivity contribution in [1.29, 1.82) is 0 Å².